The lowest BCUT2D eigenvalue weighted by Gasteiger charge is -2.26. The Morgan fingerprint density at radius 2 is 2.00 bits per heavy atom. The summed E-state index contributed by atoms with van der Waals surface area (Å²) < 4.78 is 24.4. The fourth-order valence-electron chi connectivity index (χ4n) is 1.69. The van der Waals surface area contributed by atoms with Crippen molar-refractivity contribution < 1.29 is 13.9 Å². The van der Waals surface area contributed by atoms with Crippen molar-refractivity contribution in [3.05, 3.63) is 29.6 Å². The van der Waals surface area contributed by atoms with E-state index in [1.165, 1.54) is 6.07 Å². The van der Waals surface area contributed by atoms with Crippen LogP contribution in [0.3, 0.4) is 0 Å². The van der Waals surface area contributed by atoms with Crippen LogP contribution in [0.4, 0.5) is 4.39 Å². The van der Waals surface area contributed by atoms with Crippen LogP contribution in [0.5, 0.6) is 5.75 Å². The van der Waals surface area contributed by atoms with E-state index in [0.717, 1.165) is 0 Å². The number of hydrogen-bond acceptors (Lipinski definition) is 3. The quantitative estimate of drug-likeness (QED) is 0.847. The fraction of sp³-hybridized carbons (Fsp3) is 0.571. The second-order valence-corrected chi connectivity index (χ2v) is 4.92. The number of ether oxygens (including phenoxy) is 2. The normalized spacial score (nSPS) is 13.4. The van der Waals surface area contributed by atoms with Crippen LogP contribution in [0.1, 0.15) is 32.4 Å². The van der Waals surface area contributed by atoms with E-state index in [9.17, 15) is 4.39 Å². The van der Waals surface area contributed by atoms with E-state index < -0.39 is 0 Å². The Labute approximate surface area is 108 Å². The smallest absolute Gasteiger partial charge is 0.131 e. The molecule has 0 bridgehead atoms. The van der Waals surface area contributed by atoms with Gasteiger partial charge in [0.05, 0.1) is 12.7 Å². The van der Waals surface area contributed by atoms with Crippen LogP contribution < -0.4 is 10.1 Å². The van der Waals surface area contributed by atoms with Gasteiger partial charge in [0.2, 0.25) is 0 Å². The van der Waals surface area contributed by atoms with Crippen molar-refractivity contribution in [3.63, 3.8) is 0 Å². The molecule has 0 saturated carbocycles. The van der Waals surface area contributed by atoms with Gasteiger partial charge in [-0.2, -0.15) is 0 Å². The third kappa shape index (κ3) is 3.68. The molecule has 0 aliphatic carbocycles. The molecule has 0 aromatic heterocycles. The molecular weight excluding hydrogens is 233 g/mol. The summed E-state index contributed by atoms with van der Waals surface area (Å²) in [5.41, 5.74) is 0.263. The Morgan fingerprint density at radius 1 is 1.33 bits per heavy atom. The van der Waals surface area contributed by atoms with Gasteiger partial charge in [0.25, 0.3) is 0 Å². The van der Waals surface area contributed by atoms with Gasteiger partial charge in [0, 0.05) is 25.3 Å². The minimum absolute atomic E-state index is 0.143. The van der Waals surface area contributed by atoms with Crippen molar-refractivity contribution in [2.75, 3.05) is 20.8 Å². The van der Waals surface area contributed by atoms with Crippen molar-refractivity contribution in [2.24, 2.45) is 0 Å². The Bertz CT molecular complexity index is 393. The molecule has 0 amide bonds. The first kappa shape index (κ1) is 14.9. The number of hydrogen-bond donors (Lipinski definition) is 1. The van der Waals surface area contributed by atoms with Gasteiger partial charge in [-0.1, -0.05) is 6.07 Å². The van der Waals surface area contributed by atoms with E-state index in [2.05, 4.69) is 5.32 Å². The highest BCUT2D eigenvalue weighted by Gasteiger charge is 2.21. The fourth-order valence-corrected chi connectivity index (χ4v) is 1.69. The lowest BCUT2D eigenvalue weighted by Crippen LogP contribution is -2.38. The lowest BCUT2D eigenvalue weighted by atomic mass is 10.0. The van der Waals surface area contributed by atoms with Crippen molar-refractivity contribution in [1.29, 1.82) is 0 Å². The standard InChI is InChI=1S/C14H22FNO2/c1-10(16-9-14(2,3)18-5)13-11(15)7-6-8-12(13)17-4/h6-8,10,16H,9H2,1-5H3. The van der Waals surface area contributed by atoms with E-state index in [1.54, 1.807) is 26.4 Å². The molecule has 4 heteroatoms. The molecule has 1 rings (SSSR count). The molecule has 1 aromatic carbocycles. The summed E-state index contributed by atoms with van der Waals surface area (Å²) >= 11 is 0. The van der Waals surface area contributed by atoms with Gasteiger partial charge in [-0.3, -0.25) is 0 Å². The van der Waals surface area contributed by atoms with Crippen molar-refractivity contribution >= 4 is 0 Å². The Hall–Kier alpha value is -1.13. The minimum atomic E-state index is -0.285. The van der Waals surface area contributed by atoms with Crippen molar-refractivity contribution in [2.45, 2.75) is 32.4 Å². The summed E-state index contributed by atoms with van der Waals surface area (Å²) in [5, 5.41) is 3.26. The van der Waals surface area contributed by atoms with Gasteiger partial charge in [-0.25, -0.2) is 4.39 Å². The molecule has 0 spiro atoms. The SMILES string of the molecule is COc1cccc(F)c1C(C)NCC(C)(C)OC. The van der Waals surface area contributed by atoms with Crippen LogP contribution in [0, 0.1) is 5.82 Å². The maximum absolute atomic E-state index is 13.8. The summed E-state index contributed by atoms with van der Waals surface area (Å²) in [7, 11) is 3.21. The Balaban J connectivity index is 2.81. The van der Waals surface area contributed by atoms with Crippen LogP contribution in [0.2, 0.25) is 0 Å². The molecular formula is C14H22FNO2. The zero-order valence-corrected chi connectivity index (χ0v) is 11.7. The molecule has 0 radical (unpaired) electrons. The van der Waals surface area contributed by atoms with E-state index in [-0.39, 0.29) is 17.5 Å². The molecule has 1 unspecified atom stereocenters. The van der Waals surface area contributed by atoms with Gasteiger partial charge in [-0.15, -0.1) is 0 Å². The Morgan fingerprint density at radius 3 is 2.56 bits per heavy atom. The summed E-state index contributed by atoms with van der Waals surface area (Å²) in [6.07, 6.45) is 0. The maximum atomic E-state index is 13.8. The maximum Gasteiger partial charge on any atom is 0.131 e. The largest absolute Gasteiger partial charge is 0.496 e. The van der Waals surface area contributed by atoms with E-state index >= 15 is 0 Å². The molecule has 0 fully saturated rings. The van der Waals surface area contributed by atoms with Crippen LogP contribution in [-0.2, 0) is 4.74 Å². The van der Waals surface area contributed by atoms with E-state index in [4.69, 9.17) is 9.47 Å². The van der Waals surface area contributed by atoms with Crippen molar-refractivity contribution in [1.82, 2.24) is 5.32 Å². The van der Waals surface area contributed by atoms with Crippen LogP contribution in [-0.4, -0.2) is 26.4 Å². The molecule has 1 aromatic rings. The lowest BCUT2D eigenvalue weighted by molar-refractivity contribution is 0.0213. The highest BCUT2D eigenvalue weighted by Crippen LogP contribution is 2.27. The van der Waals surface area contributed by atoms with Gasteiger partial charge in [-0.05, 0) is 32.9 Å². The zero-order valence-electron chi connectivity index (χ0n) is 11.7. The molecule has 3 nitrogen and oxygen atoms in total. The van der Waals surface area contributed by atoms with Gasteiger partial charge < -0.3 is 14.8 Å². The topological polar surface area (TPSA) is 30.5 Å². The van der Waals surface area contributed by atoms with Gasteiger partial charge >= 0.3 is 0 Å². The molecule has 0 heterocycles. The van der Waals surface area contributed by atoms with Crippen LogP contribution in [0.25, 0.3) is 0 Å². The number of benzene rings is 1. The molecule has 0 aliphatic rings. The number of nitrogens with one attached hydrogen (secondary N) is 1. The molecule has 1 N–H and O–H groups in total. The number of rotatable bonds is 6. The zero-order chi connectivity index (χ0) is 13.8. The average Bonchev–Trinajstić information content (AvgIpc) is 2.35. The summed E-state index contributed by atoms with van der Waals surface area (Å²) in [4.78, 5) is 0. The third-order valence-corrected chi connectivity index (χ3v) is 3.05. The van der Waals surface area contributed by atoms with Gasteiger partial charge in [0.15, 0.2) is 0 Å². The first-order chi connectivity index (χ1) is 8.41. The van der Waals surface area contributed by atoms with E-state index in [1.807, 2.05) is 20.8 Å². The molecule has 102 valence electrons. The first-order valence-corrected chi connectivity index (χ1v) is 6.02. The molecule has 0 saturated heterocycles. The predicted molar refractivity (Wildman–Crippen MR) is 70.5 cm³/mol. The number of halogens is 1. The first-order valence-electron chi connectivity index (χ1n) is 6.02. The molecule has 1 atom stereocenters. The van der Waals surface area contributed by atoms with Gasteiger partial charge in [0.1, 0.15) is 11.6 Å². The highest BCUT2D eigenvalue weighted by molar-refractivity contribution is 5.36. The second kappa shape index (κ2) is 6.16. The minimum Gasteiger partial charge on any atom is -0.496 e. The predicted octanol–water partition coefficient (Wildman–Crippen LogP) is 2.91. The average molecular weight is 255 g/mol. The van der Waals surface area contributed by atoms with E-state index in [0.29, 0.717) is 17.9 Å². The highest BCUT2D eigenvalue weighted by atomic mass is 19.1. The summed E-state index contributed by atoms with van der Waals surface area (Å²) in [6, 6.07) is 4.70. The van der Waals surface area contributed by atoms with Crippen molar-refractivity contribution in [3.8, 4) is 5.75 Å². The monoisotopic (exact) mass is 255 g/mol. The summed E-state index contributed by atoms with van der Waals surface area (Å²) in [5.74, 6) is 0.301. The third-order valence-electron chi connectivity index (χ3n) is 3.05. The van der Waals surface area contributed by atoms with Crippen LogP contribution in [0.15, 0.2) is 18.2 Å². The molecule has 0 aliphatic heterocycles. The van der Waals surface area contributed by atoms with Crippen LogP contribution >= 0.6 is 0 Å². The second-order valence-electron chi connectivity index (χ2n) is 4.92. The molecule has 18 heavy (non-hydrogen) atoms. The number of methoxy groups -OCH3 is 2. The Kier molecular flexibility index (Phi) is 5.11. The summed E-state index contributed by atoms with van der Waals surface area (Å²) in [6.45, 7) is 6.49.